The first-order valence-corrected chi connectivity index (χ1v) is 12.2. The van der Waals surface area contributed by atoms with Gasteiger partial charge in [0.15, 0.2) is 11.3 Å². The van der Waals surface area contributed by atoms with Crippen LogP contribution in [0.25, 0.3) is 0 Å². The van der Waals surface area contributed by atoms with E-state index in [0.29, 0.717) is 5.69 Å². The van der Waals surface area contributed by atoms with Gasteiger partial charge in [-0.2, -0.15) is 0 Å². The number of hydrogen-bond acceptors (Lipinski definition) is 8. The highest BCUT2D eigenvalue weighted by atomic mass is 32.2. The summed E-state index contributed by atoms with van der Waals surface area (Å²) in [5.74, 6) is 1.38. The number of halogens is 1. The van der Waals surface area contributed by atoms with Gasteiger partial charge in [0.05, 0.1) is 17.9 Å². The van der Waals surface area contributed by atoms with Crippen LogP contribution in [0, 0.1) is 18.2 Å². The normalized spacial score (nSPS) is 24.1. The molecule has 0 bridgehead atoms. The molecule has 188 valence electrons. The number of anilines is 1. The number of nitrogens with one attached hydrogen (secondary N) is 2. The van der Waals surface area contributed by atoms with Gasteiger partial charge in [-0.3, -0.25) is 14.6 Å². The fraction of sp³-hybridized carbons (Fsp3) is 0.400. The zero-order valence-corrected chi connectivity index (χ0v) is 21.0. The lowest BCUT2D eigenvalue weighted by atomic mass is 9.82. The lowest BCUT2D eigenvalue weighted by Gasteiger charge is -2.40. The van der Waals surface area contributed by atoms with Crippen molar-refractivity contribution in [1.29, 1.82) is 0 Å². The molecule has 0 radical (unpaired) electrons. The first-order chi connectivity index (χ1) is 17.0. The number of thioether (sulfide) groups is 1. The van der Waals surface area contributed by atoms with Crippen molar-refractivity contribution in [3.63, 3.8) is 0 Å². The Bertz CT molecular complexity index is 1260. The van der Waals surface area contributed by atoms with Crippen molar-refractivity contribution in [3.05, 3.63) is 47.7 Å². The molecule has 9 nitrogen and oxygen atoms in total. The van der Waals surface area contributed by atoms with Crippen molar-refractivity contribution < 1.29 is 18.7 Å². The largest absolute Gasteiger partial charge is 0.460 e. The average molecular weight is 511 g/mol. The lowest BCUT2D eigenvalue weighted by Crippen LogP contribution is -2.50. The number of terminal acetylenes is 1. The number of nitrogens with two attached hydrogens (primary N) is 1. The molecule has 11 heteroatoms. The summed E-state index contributed by atoms with van der Waals surface area (Å²) >= 11 is 1.17. The van der Waals surface area contributed by atoms with E-state index in [1.807, 2.05) is 0 Å². The predicted octanol–water partition coefficient (Wildman–Crippen LogP) is 2.97. The van der Waals surface area contributed by atoms with Gasteiger partial charge in [0.25, 0.3) is 5.91 Å². The number of rotatable bonds is 7. The van der Waals surface area contributed by atoms with Crippen LogP contribution in [0.3, 0.4) is 0 Å². The smallest absolute Gasteiger partial charge is 0.275 e. The Kier molecular flexibility index (Phi) is 6.91. The lowest BCUT2D eigenvalue weighted by molar-refractivity contribution is -0.123. The van der Waals surface area contributed by atoms with Crippen LogP contribution in [0.1, 0.15) is 56.1 Å². The number of ether oxygens (including phenoxy) is 1. The average Bonchev–Trinajstić information content (AvgIpc) is 3.63. The third-order valence-corrected chi connectivity index (χ3v) is 7.04. The number of aliphatic imine (C=N–C) groups is 1. The molecule has 0 saturated heterocycles. The molecule has 1 aliphatic heterocycles. The number of amides is 2. The molecule has 0 unspecified atom stereocenters. The first kappa shape index (κ1) is 25.4. The van der Waals surface area contributed by atoms with E-state index >= 15 is 4.39 Å². The zero-order chi connectivity index (χ0) is 26.1. The van der Waals surface area contributed by atoms with Gasteiger partial charge in [-0.15, -0.1) is 6.42 Å². The van der Waals surface area contributed by atoms with Crippen molar-refractivity contribution in [1.82, 2.24) is 15.3 Å². The van der Waals surface area contributed by atoms with Gasteiger partial charge < -0.3 is 21.1 Å². The van der Waals surface area contributed by atoms with E-state index in [0.717, 1.165) is 12.8 Å². The zero-order valence-electron chi connectivity index (χ0n) is 20.2. The molecule has 4 rings (SSSR count). The van der Waals surface area contributed by atoms with Crippen LogP contribution >= 0.6 is 11.8 Å². The van der Waals surface area contributed by atoms with Crippen LogP contribution in [0.4, 0.5) is 10.1 Å². The van der Waals surface area contributed by atoms with Crippen LogP contribution < -0.4 is 21.1 Å². The maximum atomic E-state index is 15.1. The molecular weight excluding hydrogens is 483 g/mol. The van der Waals surface area contributed by atoms with E-state index in [4.69, 9.17) is 16.9 Å². The number of amidine groups is 1. The van der Waals surface area contributed by atoms with Crippen LogP contribution in [-0.2, 0) is 10.3 Å². The Hall–Kier alpha value is -3.65. The van der Waals surface area contributed by atoms with Crippen LogP contribution in [0.15, 0.2) is 35.6 Å². The molecule has 2 heterocycles. The van der Waals surface area contributed by atoms with Gasteiger partial charge in [-0.05, 0) is 51.8 Å². The standard InChI is InChI=1S/C25H27FN6O3S/c1-5-14(2)35-20-12-28-19(11-29-20)21(33)30-16-8-9-18(26)17(10-16)24(3)13-25(4,36-23(27)32-24)22(34)31-15-6-7-15/h1,8-12,14-15H,6-7,13H2,2-4H3,(H2,27,32)(H,30,33)(H,31,34)/t14-,24-,25+/m0/s1. The van der Waals surface area contributed by atoms with Crippen LogP contribution in [0.2, 0.25) is 0 Å². The molecule has 3 atom stereocenters. The molecule has 4 N–H and O–H groups in total. The highest BCUT2D eigenvalue weighted by Crippen LogP contribution is 2.46. The summed E-state index contributed by atoms with van der Waals surface area (Å²) in [5.41, 5.74) is 5.57. The van der Waals surface area contributed by atoms with Gasteiger partial charge in [-0.1, -0.05) is 17.7 Å². The van der Waals surface area contributed by atoms with Gasteiger partial charge in [0.2, 0.25) is 11.8 Å². The van der Waals surface area contributed by atoms with Gasteiger partial charge >= 0.3 is 0 Å². The Balaban J connectivity index is 1.54. The van der Waals surface area contributed by atoms with Crippen LogP contribution in [-0.4, -0.2) is 43.8 Å². The molecule has 2 aliphatic rings. The van der Waals surface area contributed by atoms with Gasteiger partial charge in [0.1, 0.15) is 16.3 Å². The number of carbonyl (C=O) groups excluding carboxylic acids is 2. The topological polar surface area (TPSA) is 132 Å². The number of nitrogens with zero attached hydrogens (tertiary/aromatic N) is 3. The molecule has 1 fully saturated rings. The minimum absolute atomic E-state index is 0.0356. The summed E-state index contributed by atoms with van der Waals surface area (Å²) < 4.78 is 19.5. The highest BCUT2D eigenvalue weighted by molar-refractivity contribution is 8.15. The summed E-state index contributed by atoms with van der Waals surface area (Å²) in [6.07, 6.45) is 9.47. The Morgan fingerprint density at radius 1 is 1.31 bits per heavy atom. The molecule has 2 amide bonds. The number of hydrogen-bond donors (Lipinski definition) is 3. The van der Waals surface area contributed by atoms with E-state index in [9.17, 15) is 9.59 Å². The summed E-state index contributed by atoms with van der Waals surface area (Å²) in [7, 11) is 0. The second-order valence-electron chi connectivity index (χ2n) is 9.30. The Labute approximate surface area is 212 Å². The maximum Gasteiger partial charge on any atom is 0.275 e. The van der Waals surface area contributed by atoms with Gasteiger partial charge in [0, 0.05) is 23.7 Å². The van der Waals surface area contributed by atoms with Crippen molar-refractivity contribution in [2.24, 2.45) is 10.7 Å². The molecule has 2 aromatic rings. The second-order valence-corrected chi connectivity index (χ2v) is 10.8. The van der Waals surface area contributed by atoms with Crippen molar-refractivity contribution in [2.75, 3.05) is 5.32 Å². The SMILES string of the molecule is C#C[C@H](C)Oc1cnc(C(=O)Nc2ccc(F)c([C@]3(C)C[C@](C)(C(=O)NC4CC4)SC(N)=N3)c2)cn1. The molecule has 1 aliphatic carbocycles. The minimum atomic E-state index is -1.12. The number of benzene rings is 1. The third kappa shape index (κ3) is 5.60. The third-order valence-electron chi connectivity index (χ3n) is 5.96. The molecule has 1 aromatic heterocycles. The van der Waals surface area contributed by atoms with Crippen molar-refractivity contribution >= 4 is 34.4 Å². The summed E-state index contributed by atoms with van der Waals surface area (Å²) in [6, 6.07) is 4.36. The van der Waals surface area contributed by atoms with E-state index < -0.39 is 28.1 Å². The molecule has 1 aromatic carbocycles. The monoisotopic (exact) mass is 510 g/mol. The molecule has 0 spiro atoms. The van der Waals surface area contributed by atoms with Crippen molar-refractivity contribution in [3.8, 4) is 18.2 Å². The predicted molar refractivity (Wildman–Crippen MR) is 136 cm³/mol. The Morgan fingerprint density at radius 2 is 2.06 bits per heavy atom. The summed E-state index contributed by atoms with van der Waals surface area (Å²) in [5, 5.41) is 5.90. The van der Waals surface area contributed by atoms with Crippen LogP contribution in [0.5, 0.6) is 5.88 Å². The molecule has 1 saturated carbocycles. The first-order valence-electron chi connectivity index (χ1n) is 11.4. The maximum absolute atomic E-state index is 15.1. The Morgan fingerprint density at radius 3 is 2.69 bits per heavy atom. The fourth-order valence-electron chi connectivity index (χ4n) is 4.00. The quantitative estimate of drug-likeness (QED) is 0.488. The number of aromatic nitrogens is 2. The van der Waals surface area contributed by atoms with E-state index in [1.54, 1.807) is 20.8 Å². The summed E-state index contributed by atoms with van der Waals surface area (Å²) in [4.78, 5) is 38.3. The van der Waals surface area contributed by atoms with Gasteiger partial charge in [-0.25, -0.2) is 14.4 Å². The fourth-order valence-corrected chi connectivity index (χ4v) is 5.21. The summed E-state index contributed by atoms with van der Waals surface area (Å²) in [6.45, 7) is 5.20. The minimum Gasteiger partial charge on any atom is -0.460 e. The number of carbonyl (C=O) groups is 2. The molecule has 36 heavy (non-hydrogen) atoms. The van der Waals surface area contributed by atoms with E-state index in [1.165, 1.54) is 42.4 Å². The van der Waals surface area contributed by atoms with E-state index in [-0.39, 0.29) is 40.7 Å². The highest BCUT2D eigenvalue weighted by Gasteiger charge is 2.48. The second kappa shape index (κ2) is 9.78. The van der Waals surface area contributed by atoms with Crippen molar-refractivity contribution in [2.45, 2.75) is 62.5 Å². The van der Waals surface area contributed by atoms with E-state index in [2.05, 4.69) is 31.5 Å². The molecular formula is C25H27FN6O3S.